The molecule has 1 fully saturated rings. The summed E-state index contributed by atoms with van der Waals surface area (Å²) in [4.78, 5) is 10.9. The Kier molecular flexibility index (Phi) is 7.15. The molecule has 2 N–H and O–H groups in total. The molecule has 0 unspecified atom stereocenters. The maximum atomic E-state index is 10.9. The molecule has 0 bridgehead atoms. The van der Waals surface area contributed by atoms with Gasteiger partial charge in [0.15, 0.2) is 0 Å². The van der Waals surface area contributed by atoms with E-state index in [1.165, 1.54) is 32.1 Å². The summed E-state index contributed by atoms with van der Waals surface area (Å²) in [5.74, 6) is 2.66. The fraction of sp³-hybridized carbons (Fsp3) is 0.846. The van der Waals surface area contributed by atoms with Gasteiger partial charge in [0.05, 0.1) is 6.61 Å². The molecule has 1 rings (SSSR count). The van der Waals surface area contributed by atoms with E-state index in [0.717, 1.165) is 25.0 Å². The molecule has 0 amide bonds. The van der Waals surface area contributed by atoms with Crippen LogP contribution >= 0.6 is 0 Å². The molecule has 0 aromatic rings. The highest BCUT2D eigenvalue weighted by Gasteiger charge is 2.18. The summed E-state index contributed by atoms with van der Waals surface area (Å²) in [6, 6.07) is 0. The van der Waals surface area contributed by atoms with E-state index in [-0.39, 0.29) is 6.61 Å². The van der Waals surface area contributed by atoms with Gasteiger partial charge in [-0.3, -0.25) is 0 Å². The van der Waals surface area contributed by atoms with Crippen LogP contribution in [0.5, 0.6) is 0 Å². The molecule has 0 atom stereocenters. The normalized spacial score (nSPS) is 17.1. The van der Waals surface area contributed by atoms with E-state index in [1.807, 2.05) is 0 Å². The molecule has 0 heterocycles. The number of hydrogen-bond acceptors (Lipinski definition) is 3. The third kappa shape index (κ3) is 4.93. The summed E-state index contributed by atoms with van der Waals surface area (Å²) in [7, 11) is 0. The predicted molar refractivity (Wildman–Crippen MR) is 65.0 cm³/mol. The highest BCUT2D eigenvalue weighted by molar-refractivity contribution is 5.53. The highest BCUT2D eigenvalue weighted by atomic mass is 16.3. The molecule has 1 saturated carbocycles. The van der Waals surface area contributed by atoms with Crippen molar-refractivity contribution in [1.29, 1.82) is 0 Å². The molecular formula is C13H23NO2. The summed E-state index contributed by atoms with van der Waals surface area (Å²) < 4.78 is 0. The Morgan fingerprint density at radius 3 is 2.62 bits per heavy atom. The lowest BCUT2D eigenvalue weighted by Gasteiger charge is -2.22. The van der Waals surface area contributed by atoms with Gasteiger partial charge in [-0.1, -0.05) is 19.3 Å². The Balaban J connectivity index is 2.18. The molecule has 0 radical (unpaired) electrons. The Bertz CT molecular complexity index is 228. The standard InChI is InChI=1S/C13H23NO2/c15-10-9-14-8-4-7-13(11-16)12-5-2-1-3-6-12/h12,14-15H,1-10H2. The van der Waals surface area contributed by atoms with Crippen LogP contribution in [-0.4, -0.2) is 30.7 Å². The second-order valence-electron chi connectivity index (χ2n) is 4.54. The Morgan fingerprint density at radius 1 is 1.25 bits per heavy atom. The average molecular weight is 225 g/mol. The quantitative estimate of drug-likeness (QED) is 0.512. The van der Waals surface area contributed by atoms with Crippen molar-refractivity contribution in [2.24, 2.45) is 5.92 Å². The van der Waals surface area contributed by atoms with Gasteiger partial charge in [-0.25, -0.2) is 4.79 Å². The largest absolute Gasteiger partial charge is 0.395 e. The molecule has 0 aromatic carbocycles. The second kappa shape index (κ2) is 8.51. The monoisotopic (exact) mass is 225 g/mol. The van der Waals surface area contributed by atoms with E-state index in [2.05, 4.69) is 11.3 Å². The zero-order valence-corrected chi connectivity index (χ0v) is 10.0. The minimum absolute atomic E-state index is 0.180. The van der Waals surface area contributed by atoms with Gasteiger partial charge < -0.3 is 10.4 Å². The van der Waals surface area contributed by atoms with Crippen molar-refractivity contribution >= 4 is 5.94 Å². The van der Waals surface area contributed by atoms with Crippen LogP contribution < -0.4 is 5.32 Å². The molecule has 3 nitrogen and oxygen atoms in total. The first-order valence-electron chi connectivity index (χ1n) is 6.44. The van der Waals surface area contributed by atoms with E-state index < -0.39 is 0 Å². The molecule has 3 heteroatoms. The Morgan fingerprint density at radius 2 is 2.00 bits per heavy atom. The third-order valence-electron chi connectivity index (χ3n) is 3.32. The number of nitrogens with one attached hydrogen (secondary N) is 1. The molecule has 0 spiro atoms. The molecule has 1 aliphatic rings. The van der Waals surface area contributed by atoms with Crippen molar-refractivity contribution in [3.05, 3.63) is 5.57 Å². The summed E-state index contributed by atoms with van der Waals surface area (Å²) in [5, 5.41) is 11.7. The van der Waals surface area contributed by atoms with E-state index in [4.69, 9.17) is 5.11 Å². The van der Waals surface area contributed by atoms with Gasteiger partial charge in [-0.2, -0.15) is 0 Å². The van der Waals surface area contributed by atoms with Crippen molar-refractivity contribution in [1.82, 2.24) is 5.32 Å². The van der Waals surface area contributed by atoms with Crippen molar-refractivity contribution in [2.75, 3.05) is 19.7 Å². The van der Waals surface area contributed by atoms with Crippen LogP contribution in [0.25, 0.3) is 0 Å². The number of carbonyl (C=O) groups excluding carboxylic acids is 1. The van der Waals surface area contributed by atoms with Crippen molar-refractivity contribution in [3.8, 4) is 0 Å². The zero-order valence-electron chi connectivity index (χ0n) is 10.0. The summed E-state index contributed by atoms with van der Waals surface area (Å²) >= 11 is 0. The van der Waals surface area contributed by atoms with Crippen LogP contribution in [0.4, 0.5) is 0 Å². The summed E-state index contributed by atoms with van der Waals surface area (Å²) in [5.41, 5.74) is 0.991. The lowest BCUT2D eigenvalue weighted by molar-refractivity contribution is 0.292. The van der Waals surface area contributed by atoms with E-state index in [0.29, 0.717) is 12.5 Å². The highest BCUT2D eigenvalue weighted by Crippen LogP contribution is 2.30. The molecular weight excluding hydrogens is 202 g/mol. The van der Waals surface area contributed by atoms with Crippen LogP contribution in [-0.2, 0) is 4.79 Å². The topological polar surface area (TPSA) is 49.3 Å². The van der Waals surface area contributed by atoms with Crippen LogP contribution in [0, 0.1) is 5.92 Å². The predicted octanol–water partition coefficient (Wildman–Crippen LogP) is 1.69. The van der Waals surface area contributed by atoms with E-state index in [1.54, 1.807) is 0 Å². The van der Waals surface area contributed by atoms with Crippen LogP contribution in [0.3, 0.4) is 0 Å². The van der Waals surface area contributed by atoms with Gasteiger partial charge in [0.1, 0.15) is 5.94 Å². The minimum Gasteiger partial charge on any atom is -0.395 e. The number of aliphatic hydroxyl groups excluding tert-OH is 1. The van der Waals surface area contributed by atoms with E-state index in [9.17, 15) is 4.79 Å². The fourth-order valence-electron chi connectivity index (χ4n) is 2.40. The van der Waals surface area contributed by atoms with Gasteiger partial charge in [-0.05, 0) is 38.1 Å². The first-order chi connectivity index (χ1) is 7.88. The number of allylic oxidation sites excluding steroid dienone is 1. The maximum Gasteiger partial charge on any atom is 0.123 e. The molecule has 0 saturated heterocycles. The van der Waals surface area contributed by atoms with Crippen molar-refractivity contribution in [2.45, 2.75) is 44.9 Å². The maximum absolute atomic E-state index is 10.9. The van der Waals surface area contributed by atoms with Crippen LogP contribution in [0.2, 0.25) is 0 Å². The number of hydrogen-bond donors (Lipinski definition) is 2. The number of aliphatic hydroxyl groups is 1. The summed E-state index contributed by atoms with van der Waals surface area (Å²) in [6.07, 6.45) is 8.04. The number of rotatable bonds is 7. The molecule has 0 aliphatic heterocycles. The summed E-state index contributed by atoms with van der Waals surface area (Å²) in [6.45, 7) is 1.70. The Hall–Kier alpha value is -0.630. The molecule has 92 valence electrons. The second-order valence-corrected chi connectivity index (χ2v) is 4.54. The lowest BCUT2D eigenvalue weighted by atomic mass is 9.83. The van der Waals surface area contributed by atoms with Crippen LogP contribution in [0.15, 0.2) is 5.57 Å². The van der Waals surface area contributed by atoms with Gasteiger partial charge in [0.25, 0.3) is 0 Å². The smallest absolute Gasteiger partial charge is 0.123 e. The van der Waals surface area contributed by atoms with E-state index >= 15 is 0 Å². The average Bonchev–Trinajstić information content (AvgIpc) is 2.35. The molecule has 0 aromatic heterocycles. The Labute approximate surface area is 97.9 Å². The molecule has 16 heavy (non-hydrogen) atoms. The van der Waals surface area contributed by atoms with Gasteiger partial charge in [-0.15, -0.1) is 0 Å². The van der Waals surface area contributed by atoms with Crippen LogP contribution in [0.1, 0.15) is 44.9 Å². The lowest BCUT2D eigenvalue weighted by Crippen LogP contribution is -2.20. The van der Waals surface area contributed by atoms with Gasteiger partial charge in [0, 0.05) is 12.1 Å². The SMILES string of the molecule is O=C=C(CCCNCCO)C1CCCCC1. The third-order valence-corrected chi connectivity index (χ3v) is 3.32. The van der Waals surface area contributed by atoms with Gasteiger partial charge >= 0.3 is 0 Å². The first kappa shape index (κ1) is 13.4. The van der Waals surface area contributed by atoms with Crippen molar-refractivity contribution < 1.29 is 9.90 Å². The zero-order chi connectivity index (χ0) is 11.6. The fourth-order valence-corrected chi connectivity index (χ4v) is 2.40. The van der Waals surface area contributed by atoms with Crippen molar-refractivity contribution in [3.63, 3.8) is 0 Å². The first-order valence-corrected chi connectivity index (χ1v) is 6.44. The minimum atomic E-state index is 0.180. The van der Waals surface area contributed by atoms with Gasteiger partial charge in [0.2, 0.25) is 0 Å². The molecule has 1 aliphatic carbocycles.